The molecule has 0 aromatic carbocycles. The summed E-state index contributed by atoms with van der Waals surface area (Å²) in [5, 5.41) is 26.1. The third-order valence-electron chi connectivity index (χ3n) is 12.3. The Balaban J connectivity index is 0.000000211. The summed E-state index contributed by atoms with van der Waals surface area (Å²) in [7, 11) is 5.87. The maximum Gasteiger partial charge on any atom is 0.357 e. The maximum atomic E-state index is 13.4. The number of nitrogens with one attached hydrogen (secondary N) is 3. The van der Waals surface area contributed by atoms with Crippen LogP contribution >= 0.6 is 54.6 Å². The fourth-order valence-electron chi connectivity index (χ4n) is 8.81. The normalized spacial score (nSPS) is 19.1. The number of aromatic nitrogens is 10. The van der Waals surface area contributed by atoms with Crippen LogP contribution in [-0.4, -0.2) is 164 Å². The lowest BCUT2D eigenvalue weighted by Crippen LogP contribution is -3.00. The molecule has 10 rings (SSSR count). The van der Waals surface area contributed by atoms with Gasteiger partial charge in [0.1, 0.15) is 52.7 Å². The van der Waals surface area contributed by atoms with E-state index in [0.717, 1.165) is 57.7 Å². The summed E-state index contributed by atoms with van der Waals surface area (Å²) in [6.45, 7) is 4.91. The first-order valence-electron chi connectivity index (χ1n) is 23.8. The molecule has 5 N–H and O–H groups in total. The molecule has 2 saturated heterocycles. The number of rotatable bonds is 20. The van der Waals surface area contributed by atoms with Gasteiger partial charge in [0.15, 0.2) is 12.7 Å². The van der Waals surface area contributed by atoms with E-state index in [-0.39, 0.29) is 71.0 Å². The van der Waals surface area contributed by atoms with Gasteiger partial charge in [0.05, 0.1) is 24.1 Å². The van der Waals surface area contributed by atoms with Crippen molar-refractivity contribution >= 4 is 142 Å². The number of fused-ring (bicyclic) bond motifs is 4. The number of nitrogens with two attached hydrogens (primary N) is 1. The van der Waals surface area contributed by atoms with Crippen LogP contribution in [0.25, 0.3) is 22.3 Å². The van der Waals surface area contributed by atoms with Gasteiger partial charge in [-0.3, -0.25) is 29.0 Å². The molecule has 5 unspecified atom stereocenters. The van der Waals surface area contributed by atoms with E-state index in [1.54, 1.807) is 32.6 Å². The van der Waals surface area contributed by atoms with Gasteiger partial charge in [-0.1, -0.05) is 10.3 Å². The van der Waals surface area contributed by atoms with E-state index in [4.69, 9.17) is 17.8 Å². The van der Waals surface area contributed by atoms with Crippen LogP contribution in [0.1, 0.15) is 25.5 Å². The van der Waals surface area contributed by atoms with Crippen molar-refractivity contribution in [3.63, 3.8) is 0 Å². The van der Waals surface area contributed by atoms with E-state index < -0.39 is 91.6 Å². The summed E-state index contributed by atoms with van der Waals surface area (Å²) in [6, 6.07) is 5.51. The van der Waals surface area contributed by atoms with Crippen LogP contribution in [0.4, 0.5) is 19.0 Å². The number of carboxylic acids is 1. The number of oxime groups is 2. The van der Waals surface area contributed by atoms with Gasteiger partial charge in [-0.05, 0) is 54.7 Å². The number of nitrogens with zero attached hydrogens (tertiary/aromatic N) is 14. The molecule has 4 aliphatic rings. The number of hydrogen-bond donors (Lipinski definition) is 4. The van der Waals surface area contributed by atoms with Crippen molar-refractivity contribution in [2.24, 2.45) is 10.3 Å². The number of carbonyl (C=O) groups excluding carboxylic acids is 6. The quantitative estimate of drug-likeness (QED) is 0.0109. The second kappa shape index (κ2) is 26.3. The molecule has 2 radical (unpaired) electrons. The fourth-order valence-corrected chi connectivity index (χ4v) is 12.8. The number of aliphatic carboxylic acids is 1. The number of anilines is 2. The predicted molar refractivity (Wildman–Crippen MR) is 286 cm³/mol. The van der Waals surface area contributed by atoms with Crippen molar-refractivity contribution in [2.75, 3.05) is 50.0 Å². The molecule has 0 aliphatic carbocycles. The molecule has 28 nitrogen and oxygen atoms in total. The number of aryl methyl sites for hydroxylation is 2. The molecule has 6 aromatic heterocycles. The van der Waals surface area contributed by atoms with Crippen LogP contribution in [-0.2, 0) is 69.1 Å². The van der Waals surface area contributed by atoms with Crippen molar-refractivity contribution in [3.8, 4) is 0 Å². The van der Waals surface area contributed by atoms with E-state index in [1.807, 2.05) is 62.6 Å². The van der Waals surface area contributed by atoms with Crippen LogP contribution in [0.3, 0.4) is 0 Å². The average molecular weight is 1320 g/mol. The number of pyridine rings is 2. The molecular weight excluding hydrogens is 1280 g/mol. The standard InChI is InChI=1S/C23H24BFN9O5PS2.C21H20FN9O5S2.HI/c1-4-32-11-27-18-13(32)6-5-7-33(18)8-12-9-41-21-15(20(36)34(21)16(12)22(37)39-40(3)24)28-19(35)14(30-38-10-25)17-29-23(26-2)42-31-17;1-2-29-9-24-16-11(29)4-3-5-30(16)6-10-7-37-19-13(18(33)31(19)14(10)20(34)35)25-17(32)12(27-36-8-22)15-26-21(23)38-28-15;/h5-7,11,15,21H,4,8-10H2,1-3H3,(H-,26,28,29,31,35);3-5,9,13,19H,2,6-8H2,1H3,(H3-,23,25,26,28,32,34,35);1H/b30-14-;27-12-;. The molecule has 4 amide bonds. The van der Waals surface area contributed by atoms with Crippen molar-refractivity contribution in [2.45, 2.75) is 62.9 Å². The van der Waals surface area contributed by atoms with Crippen LogP contribution in [0, 0.1) is 0 Å². The number of carboxylic acid groups (broad SMARTS) is 1. The van der Waals surface area contributed by atoms with Crippen LogP contribution in [0.15, 0.2) is 82.2 Å². The van der Waals surface area contributed by atoms with E-state index in [0.29, 0.717) is 27.7 Å². The number of imidazole rings is 2. The second-order valence-electron chi connectivity index (χ2n) is 17.1. The Morgan fingerprint density at radius 2 is 1.30 bits per heavy atom. The Kier molecular flexibility index (Phi) is 19.5. The first-order chi connectivity index (χ1) is 38.6. The first-order valence-corrected chi connectivity index (χ1v) is 29.2. The van der Waals surface area contributed by atoms with Gasteiger partial charge in [-0.25, -0.2) is 22.7 Å². The summed E-state index contributed by atoms with van der Waals surface area (Å²) < 4.78 is 46.2. The molecule has 2 fully saturated rings. The smallest absolute Gasteiger partial charge is 0.357 e. The topological polar surface area (TPSA) is 341 Å². The zero-order chi connectivity index (χ0) is 56.9. The third-order valence-corrected chi connectivity index (χ3v) is 16.7. The van der Waals surface area contributed by atoms with Crippen LogP contribution in [0.2, 0.25) is 0 Å². The molecule has 6 aromatic rings. The van der Waals surface area contributed by atoms with Crippen LogP contribution in [0.5, 0.6) is 0 Å². The highest BCUT2D eigenvalue weighted by Crippen LogP contribution is 2.43. The minimum Gasteiger partial charge on any atom is -1.00 e. The third kappa shape index (κ3) is 12.3. The van der Waals surface area contributed by atoms with Crippen molar-refractivity contribution in [1.82, 2.24) is 58.3 Å². The van der Waals surface area contributed by atoms with Gasteiger partial charge in [-0.15, -0.1) is 23.5 Å². The van der Waals surface area contributed by atoms with Gasteiger partial charge >= 0.3 is 17.3 Å². The lowest BCUT2D eigenvalue weighted by atomic mass is 10.0. The Hall–Kier alpha value is -7.02. The highest BCUT2D eigenvalue weighted by Gasteiger charge is 2.56. The van der Waals surface area contributed by atoms with E-state index >= 15 is 0 Å². The Morgan fingerprint density at radius 1 is 0.815 bits per heavy atom. The van der Waals surface area contributed by atoms with Gasteiger partial charge in [-0.2, -0.15) is 18.7 Å². The molecular formula is C44H45BF2IN18O10PS4. The molecule has 5 atom stereocenters. The summed E-state index contributed by atoms with van der Waals surface area (Å²) in [5.41, 5.74) is 8.84. The van der Waals surface area contributed by atoms with Gasteiger partial charge < -0.3 is 78.9 Å². The lowest BCUT2D eigenvalue weighted by molar-refractivity contribution is -0.665. The molecule has 81 heavy (non-hydrogen) atoms. The van der Waals surface area contributed by atoms with Crippen molar-refractivity contribution in [1.29, 1.82) is 0 Å². The van der Waals surface area contributed by atoms with Gasteiger partial charge in [0.25, 0.3) is 37.4 Å². The molecule has 0 saturated carbocycles. The minimum absolute atomic E-state index is 0. The SMILES string of the molecule is CCn1cnc2c1ccc[n+]2CC1=C(C(=O)[O-])N2C(=O)C(NC(=O)/C(=N\OCF)c3nsc(N)n3)C2SC1.[B]P(C)OC(=O)C1=C(C[n+]2cccc3c2ncn3CC)CSC2C(NC(=O)/C(=N\OCF)c3nsc(NC)n3)C(=O)N12.[I-]. The van der Waals surface area contributed by atoms with Crippen molar-refractivity contribution < 1.29 is 90.0 Å². The van der Waals surface area contributed by atoms with Gasteiger partial charge in [0.2, 0.25) is 40.9 Å². The molecule has 37 heteroatoms. The highest BCUT2D eigenvalue weighted by molar-refractivity contribution is 8.00. The molecule has 424 valence electrons. The molecule has 0 spiro atoms. The first kappa shape index (κ1) is 60.1. The summed E-state index contributed by atoms with van der Waals surface area (Å²) >= 11 is 4.41. The number of carbonyl (C=O) groups is 6. The van der Waals surface area contributed by atoms with E-state index in [2.05, 4.69) is 64.6 Å². The Bertz CT molecular complexity index is 3570. The number of thioether (sulfide) groups is 2. The van der Waals surface area contributed by atoms with E-state index in [1.165, 1.54) is 28.4 Å². The monoisotopic (exact) mass is 1320 g/mol. The Morgan fingerprint density at radius 3 is 1.73 bits per heavy atom. The fraction of sp³-hybridized carbons (Fsp3) is 0.364. The molecule has 4 aliphatic heterocycles. The highest BCUT2D eigenvalue weighted by atomic mass is 127. The molecule has 10 heterocycles. The predicted octanol–water partition coefficient (Wildman–Crippen LogP) is -3.57. The summed E-state index contributed by atoms with van der Waals surface area (Å²) in [5.74, 6) is -4.83. The number of alkyl halides is 2. The maximum absolute atomic E-state index is 13.4. The largest absolute Gasteiger partial charge is 1.00 e. The number of β-lactam (4-membered cyclic amide) rings is 2. The van der Waals surface area contributed by atoms with Gasteiger partial charge in [0, 0.05) is 73.9 Å². The lowest BCUT2D eigenvalue weighted by Gasteiger charge is -2.50. The zero-order valence-corrected chi connectivity index (χ0v) is 49.1. The van der Waals surface area contributed by atoms with Crippen molar-refractivity contribution in [3.05, 3.63) is 83.5 Å². The number of amides is 4. The van der Waals surface area contributed by atoms with E-state index in [9.17, 15) is 42.7 Å². The summed E-state index contributed by atoms with van der Waals surface area (Å²) in [4.78, 5) is 106. The number of nitrogen functional groups attached to an aromatic ring is 1. The Labute approximate surface area is 493 Å². The molecule has 0 bridgehead atoms. The number of halogens is 3. The second-order valence-corrected chi connectivity index (χ2v) is 22.1. The average Bonchev–Trinajstić information content (AvgIpc) is 4.47. The zero-order valence-electron chi connectivity index (χ0n) is 42.8. The summed E-state index contributed by atoms with van der Waals surface area (Å²) in [6.07, 6.45) is 7.09. The minimum atomic E-state index is -1.56. The number of hydrogen-bond acceptors (Lipinski definition) is 24. The van der Waals surface area contributed by atoms with Crippen LogP contribution < -0.4 is 59.9 Å².